The van der Waals surface area contributed by atoms with Gasteiger partial charge in [0.2, 0.25) is 11.8 Å². The number of nitrogens with zero attached hydrogens (tertiary/aromatic N) is 2. The Morgan fingerprint density at radius 1 is 1.50 bits per heavy atom. The van der Waals surface area contributed by atoms with Gasteiger partial charge in [0.1, 0.15) is 6.79 Å². The highest BCUT2D eigenvalue weighted by atomic mass is 16.2. The molecule has 3 N–H and O–H groups in total. The van der Waals surface area contributed by atoms with E-state index in [2.05, 4.69) is 10.3 Å². The maximum atomic E-state index is 12.0. The van der Waals surface area contributed by atoms with Gasteiger partial charge in [-0.1, -0.05) is 6.07 Å². The molecule has 1 atom stereocenters. The lowest BCUT2D eigenvalue weighted by Gasteiger charge is -2.22. The molecule has 0 aliphatic rings. The van der Waals surface area contributed by atoms with E-state index in [9.17, 15) is 9.59 Å². The maximum absolute atomic E-state index is 12.0. The zero-order valence-corrected chi connectivity index (χ0v) is 11.7. The number of nitrogens with one attached hydrogen (secondary N) is 1. The zero-order chi connectivity index (χ0) is 15.5. The largest absolute Gasteiger partial charge is 0.368 e. The van der Waals surface area contributed by atoms with Crippen LogP contribution in [0.4, 0.5) is 0 Å². The topological polar surface area (TPSA) is 105 Å². The van der Waals surface area contributed by atoms with E-state index in [0.29, 0.717) is 6.42 Å². The molecule has 20 heavy (non-hydrogen) atoms. The monoisotopic (exact) mass is 280 g/mol. The Kier molecular flexibility index (Phi) is 8.53. The van der Waals surface area contributed by atoms with Gasteiger partial charge in [0.25, 0.3) is 0 Å². The molecule has 0 aromatic carbocycles. The van der Waals surface area contributed by atoms with Crippen molar-refractivity contribution in [1.29, 1.82) is 0 Å². The number of pyridine rings is 1. The predicted octanol–water partition coefficient (Wildman–Crippen LogP) is -1.03. The quantitative estimate of drug-likeness (QED) is 0.693. The van der Waals surface area contributed by atoms with Crippen molar-refractivity contribution < 1.29 is 14.4 Å². The molecule has 1 heterocycles. The fraction of sp³-hybridized carbons (Fsp3) is 0.385. The van der Waals surface area contributed by atoms with Crippen molar-refractivity contribution in [2.75, 3.05) is 20.6 Å². The lowest BCUT2D eigenvalue weighted by Crippen LogP contribution is -2.47. The van der Waals surface area contributed by atoms with E-state index in [1.165, 1.54) is 4.90 Å². The summed E-state index contributed by atoms with van der Waals surface area (Å²) >= 11 is 0. The fourth-order valence-corrected chi connectivity index (χ4v) is 1.65. The van der Waals surface area contributed by atoms with Crippen LogP contribution in [0.1, 0.15) is 5.56 Å². The van der Waals surface area contributed by atoms with E-state index < -0.39 is 11.9 Å². The molecule has 1 aromatic heterocycles. The molecule has 7 heteroatoms. The number of carbonyl (C=O) groups excluding carboxylic acids is 3. The van der Waals surface area contributed by atoms with Gasteiger partial charge in [-0.2, -0.15) is 0 Å². The van der Waals surface area contributed by atoms with Crippen molar-refractivity contribution in [3.05, 3.63) is 30.1 Å². The third kappa shape index (κ3) is 6.05. The van der Waals surface area contributed by atoms with Crippen molar-refractivity contribution in [1.82, 2.24) is 15.2 Å². The van der Waals surface area contributed by atoms with Crippen molar-refractivity contribution in [3.63, 3.8) is 0 Å². The Bertz CT molecular complexity index is 425. The molecule has 1 rings (SSSR count). The molecule has 0 radical (unpaired) electrons. The van der Waals surface area contributed by atoms with Gasteiger partial charge >= 0.3 is 0 Å². The van der Waals surface area contributed by atoms with Gasteiger partial charge in [-0.3, -0.25) is 14.6 Å². The Morgan fingerprint density at radius 3 is 2.60 bits per heavy atom. The van der Waals surface area contributed by atoms with Crippen LogP contribution in [-0.4, -0.2) is 55.2 Å². The Balaban J connectivity index is 0.00000172. The number of likely N-dealkylation sites (N-methyl/N-ethyl adjacent to an activating group) is 2. The first-order valence-electron chi connectivity index (χ1n) is 5.93. The van der Waals surface area contributed by atoms with Crippen molar-refractivity contribution in [3.8, 4) is 0 Å². The Labute approximate surface area is 118 Å². The first-order valence-corrected chi connectivity index (χ1v) is 5.93. The smallest absolute Gasteiger partial charge is 0.240 e. The lowest BCUT2D eigenvalue weighted by atomic mass is 10.1. The summed E-state index contributed by atoms with van der Waals surface area (Å²) in [6.07, 6.45) is 3.91. The normalized spacial score (nSPS) is 10.9. The van der Waals surface area contributed by atoms with Crippen LogP contribution in [0.25, 0.3) is 0 Å². The molecule has 0 bridgehead atoms. The molecule has 0 saturated carbocycles. The predicted molar refractivity (Wildman–Crippen MR) is 74.7 cm³/mol. The van der Waals surface area contributed by atoms with Gasteiger partial charge in [0, 0.05) is 19.4 Å². The molecule has 1 unspecified atom stereocenters. The van der Waals surface area contributed by atoms with Crippen LogP contribution in [0.2, 0.25) is 0 Å². The average Bonchev–Trinajstić information content (AvgIpc) is 2.46. The summed E-state index contributed by atoms with van der Waals surface area (Å²) in [5.74, 6) is -0.692. The van der Waals surface area contributed by atoms with Crippen LogP contribution in [-0.2, 0) is 20.8 Å². The van der Waals surface area contributed by atoms with E-state index >= 15 is 0 Å². The minimum atomic E-state index is -0.526. The molecular weight excluding hydrogens is 260 g/mol. The summed E-state index contributed by atoms with van der Waals surface area (Å²) in [5.41, 5.74) is 6.02. The summed E-state index contributed by atoms with van der Waals surface area (Å²) in [5, 5.41) is 2.93. The van der Waals surface area contributed by atoms with Crippen molar-refractivity contribution >= 4 is 18.6 Å². The van der Waals surface area contributed by atoms with Gasteiger partial charge in [-0.15, -0.1) is 0 Å². The van der Waals surface area contributed by atoms with Gasteiger partial charge in [-0.25, -0.2) is 0 Å². The van der Waals surface area contributed by atoms with Crippen LogP contribution in [0.3, 0.4) is 0 Å². The molecular formula is C13H20N4O3. The molecule has 0 fully saturated rings. The number of primary amides is 1. The van der Waals surface area contributed by atoms with Crippen LogP contribution >= 0.6 is 0 Å². The number of carbonyl (C=O) groups is 3. The summed E-state index contributed by atoms with van der Waals surface area (Å²) < 4.78 is 0. The maximum Gasteiger partial charge on any atom is 0.240 e. The second-order valence-corrected chi connectivity index (χ2v) is 4.07. The SMILES string of the molecule is C=O.CNC(Cc1cccnc1)C(=O)N(C)CC(N)=O. The number of rotatable bonds is 6. The third-order valence-electron chi connectivity index (χ3n) is 2.58. The lowest BCUT2D eigenvalue weighted by molar-refractivity contribution is -0.135. The third-order valence-corrected chi connectivity index (χ3v) is 2.58. The number of amides is 2. The Hall–Kier alpha value is -2.28. The first-order chi connectivity index (χ1) is 9.54. The Morgan fingerprint density at radius 2 is 2.15 bits per heavy atom. The van der Waals surface area contributed by atoms with E-state index in [-0.39, 0.29) is 12.5 Å². The molecule has 0 saturated heterocycles. The standard InChI is InChI=1S/C12H18N4O2.CH2O/c1-14-10(6-9-4-3-5-15-7-9)12(18)16(2)8-11(13)17;1-2/h3-5,7,10,14H,6,8H2,1-2H3,(H2,13,17);1H2. The number of hydrogen-bond donors (Lipinski definition) is 2. The van der Waals surface area contributed by atoms with Crippen LogP contribution in [0.15, 0.2) is 24.5 Å². The van der Waals surface area contributed by atoms with E-state index in [1.807, 2.05) is 18.9 Å². The van der Waals surface area contributed by atoms with Gasteiger partial charge in [0.15, 0.2) is 0 Å². The van der Waals surface area contributed by atoms with Crippen molar-refractivity contribution in [2.45, 2.75) is 12.5 Å². The highest BCUT2D eigenvalue weighted by molar-refractivity contribution is 5.86. The second kappa shape index (κ2) is 9.62. The molecule has 2 amide bonds. The summed E-state index contributed by atoms with van der Waals surface area (Å²) in [6.45, 7) is 1.92. The van der Waals surface area contributed by atoms with Gasteiger partial charge < -0.3 is 20.7 Å². The molecule has 0 aliphatic heterocycles. The number of nitrogens with two attached hydrogens (primary N) is 1. The second-order valence-electron chi connectivity index (χ2n) is 4.07. The molecule has 110 valence electrons. The minimum absolute atomic E-state index is 0.0793. The van der Waals surface area contributed by atoms with Crippen LogP contribution in [0, 0.1) is 0 Å². The average molecular weight is 280 g/mol. The summed E-state index contributed by atoms with van der Waals surface area (Å²) in [7, 11) is 3.26. The first kappa shape index (κ1) is 17.7. The minimum Gasteiger partial charge on any atom is -0.368 e. The molecule has 1 aromatic rings. The fourth-order valence-electron chi connectivity index (χ4n) is 1.65. The van der Waals surface area contributed by atoms with E-state index in [0.717, 1.165) is 5.56 Å². The number of hydrogen-bond acceptors (Lipinski definition) is 5. The van der Waals surface area contributed by atoms with Crippen LogP contribution in [0.5, 0.6) is 0 Å². The van der Waals surface area contributed by atoms with Crippen LogP contribution < -0.4 is 11.1 Å². The van der Waals surface area contributed by atoms with Gasteiger partial charge in [-0.05, 0) is 25.1 Å². The van der Waals surface area contributed by atoms with Crippen molar-refractivity contribution in [2.24, 2.45) is 5.73 Å². The van der Waals surface area contributed by atoms with E-state index in [1.54, 1.807) is 26.5 Å². The molecule has 0 aliphatic carbocycles. The van der Waals surface area contributed by atoms with E-state index in [4.69, 9.17) is 10.5 Å². The zero-order valence-electron chi connectivity index (χ0n) is 11.7. The van der Waals surface area contributed by atoms with Gasteiger partial charge in [0.05, 0.1) is 12.6 Å². The highest BCUT2D eigenvalue weighted by Crippen LogP contribution is 2.03. The molecule has 0 spiro atoms. The molecule has 7 nitrogen and oxygen atoms in total. The number of aromatic nitrogens is 1. The summed E-state index contributed by atoms with van der Waals surface area (Å²) in [4.78, 5) is 36.1. The highest BCUT2D eigenvalue weighted by Gasteiger charge is 2.21. The summed E-state index contributed by atoms with van der Waals surface area (Å²) in [6, 6.07) is 3.33.